The van der Waals surface area contributed by atoms with Crippen LogP contribution in [0.5, 0.6) is 0 Å². The third kappa shape index (κ3) is 11.8. The van der Waals surface area contributed by atoms with Crippen LogP contribution in [0.4, 0.5) is 4.79 Å². The van der Waals surface area contributed by atoms with Gasteiger partial charge in [0.2, 0.25) is 17.7 Å². The maximum Gasteiger partial charge on any atom is 0.329 e. The van der Waals surface area contributed by atoms with E-state index in [1.807, 2.05) is 197 Å². The van der Waals surface area contributed by atoms with Crippen molar-refractivity contribution in [3.63, 3.8) is 0 Å². The third-order valence-electron chi connectivity index (χ3n) is 12.0. The quantitative estimate of drug-likeness (QED) is 0.0322. The van der Waals surface area contributed by atoms with Gasteiger partial charge >= 0.3 is 6.03 Å². The third-order valence-corrected chi connectivity index (χ3v) is 12.0. The number of fused-ring (bicyclic) bond motifs is 2. The largest absolute Gasteiger partial charge is 0.351 e. The number of nitrogens with one attached hydrogen (secondary N) is 4. The molecule has 0 bridgehead atoms. The fourth-order valence-corrected chi connectivity index (χ4v) is 8.80. The molecule has 0 aliphatic heterocycles. The van der Waals surface area contributed by atoms with Crippen LogP contribution >= 0.6 is 0 Å². The zero-order chi connectivity index (χ0) is 47.9. The summed E-state index contributed by atoms with van der Waals surface area (Å²) in [7, 11) is 1.55. The highest BCUT2D eigenvalue weighted by atomic mass is 16.7. The lowest BCUT2D eigenvalue weighted by Crippen LogP contribution is -2.58. The molecule has 0 fully saturated rings. The van der Waals surface area contributed by atoms with E-state index in [4.69, 9.17) is 9.47 Å². The van der Waals surface area contributed by atoms with Crippen LogP contribution in [0, 0.1) is 0 Å². The number of ether oxygens (including phenoxy) is 2. The Hall–Kier alpha value is -7.38. The topological polar surface area (TPSA) is 141 Å². The molecular weight excluding hydrogens is 853 g/mol. The molecular formula is C56H60N6O6. The minimum absolute atomic E-state index is 0.117. The van der Waals surface area contributed by atoms with E-state index in [2.05, 4.69) is 21.4 Å². The van der Waals surface area contributed by atoms with Crippen molar-refractivity contribution in [3.05, 3.63) is 204 Å². The lowest BCUT2D eigenvalue weighted by atomic mass is 9.77. The smallest absolute Gasteiger partial charge is 0.329 e. The molecule has 5 amide bonds. The molecule has 12 heteroatoms. The van der Waals surface area contributed by atoms with Gasteiger partial charge in [-0.05, 0) is 70.1 Å². The molecule has 7 aromatic carbocycles. The van der Waals surface area contributed by atoms with Crippen LogP contribution in [0.1, 0.15) is 55.0 Å². The highest BCUT2D eigenvalue weighted by molar-refractivity contribution is 5.94. The highest BCUT2D eigenvalue weighted by Gasteiger charge is 2.40. The normalized spacial score (nSPS) is 12.4. The minimum atomic E-state index is -1.38. The number of hydrogen-bond acceptors (Lipinski definition) is 7. The fraction of sp³-hybridized carbons (Fsp3) is 0.250. The average molecular weight is 913 g/mol. The summed E-state index contributed by atoms with van der Waals surface area (Å²) in [5, 5.41) is 14.5. The SMILES string of the molecule is CCOC(OCC)[C@H](C)N(Cc1cccc2ccccc12)C(=O)[C@H](CC(=O)NC(c1ccccc1)(c1ccccc1)c1ccccc1)NC(=O)CN(C)NC(=O)NCc1cccc2ccccc12. The molecule has 4 N–H and O–H groups in total. The number of likely N-dealkylation sites (N-methyl/N-ethyl adjacent to an activating group) is 1. The summed E-state index contributed by atoms with van der Waals surface area (Å²) in [5.74, 6) is -1.62. The Morgan fingerprint density at radius 2 is 1.06 bits per heavy atom. The van der Waals surface area contributed by atoms with Crippen molar-refractivity contribution in [1.29, 1.82) is 0 Å². The van der Waals surface area contributed by atoms with Gasteiger partial charge in [-0.1, -0.05) is 176 Å². The van der Waals surface area contributed by atoms with Gasteiger partial charge in [0, 0.05) is 33.4 Å². The van der Waals surface area contributed by atoms with Crippen molar-refractivity contribution in [3.8, 4) is 0 Å². The number of carbonyl (C=O) groups excluding carboxylic acids is 4. The summed E-state index contributed by atoms with van der Waals surface area (Å²) in [4.78, 5) is 59.5. The summed E-state index contributed by atoms with van der Waals surface area (Å²) >= 11 is 0. The summed E-state index contributed by atoms with van der Waals surface area (Å²) in [5.41, 5.74) is 5.71. The number of carbonyl (C=O) groups is 4. The Morgan fingerprint density at radius 3 is 1.59 bits per heavy atom. The summed E-state index contributed by atoms with van der Waals surface area (Å²) in [6, 6.07) is 54.1. The number of hydrazine groups is 1. The van der Waals surface area contributed by atoms with Crippen molar-refractivity contribution in [2.45, 2.75) is 64.2 Å². The Morgan fingerprint density at radius 1 is 0.588 bits per heavy atom. The molecule has 7 rings (SSSR count). The average Bonchev–Trinajstić information content (AvgIpc) is 3.36. The molecule has 0 heterocycles. The van der Waals surface area contributed by atoms with E-state index in [0.717, 1.165) is 49.4 Å². The van der Waals surface area contributed by atoms with Gasteiger partial charge in [-0.3, -0.25) is 19.8 Å². The molecule has 0 aliphatic rings. The monoisotopic (exact) mass is 912 g/mol. The second-order valence-electron chi connectivity index (χ2n) is 16.6. The van der Waals surface area contributed by atoms with Gasteiger partial charge < -0.3 is 30.3 Å². The standard InChI is InChI=1S/C56H60N6O6/c1-5-67-54(68-6-2)40(3)62(38-44-27-21-25-42-23-17-19-35-49(42)44)53(65)50(58-52(64)39-61(4)60-55(66)57-37-43-26-20-24-41-22-16-18-34-48(41)43)36-51(63)59-56(45-28-10-7-11-29-45,46-30-12-8-13-31-46)47-32-14-9-15-33-47/h7-35,40,50,54H,5-6,36-39H2,1-4H3,(H,58,64)(H,59,63)(H2,57,60,66)/t40-,50-/m0/s1. The number of rotatable bonds is 21. The van der Waals surface area contributed by atoms with E-state index in [-0.39, 0.29) is 19.6 Å². The van der Waals surface area contributed by atoms with Crippen LogP contribution in [0.25, 0.3) is 21.5 Å². The number of amides is 5. The molecule has 7 aromatic rings. The van der Waals surface area contributed by atoms with E-state index >= 15 is 9.59 Å². The van der Waals surface area contributed by atoms with Gasteiger partial charge in [0.1, 0.15) is 11.6 Å². The molecule has 12 nitrogen and oxygen atoms in total. The zero-order valence-electron chi connectivity index (χ0n) is 39.1. The fourth-order valence-electron chi connectivity index (χ4n) is 8.80. The van der Waals surface area contributed by atoms with Crippen LogP contribution in [0.3, 0.4) is 0 Å². The molecule has 0 aromatic heterocycles. The van der Waals surface area contributed by atoms with Crippen LogP contribution in [-0.4, -0.2) is 78.8 Å². The molecule has 68 heavy (non-hydrogen) atoms. The molecule has 0 saturated carbocycles. The van der Waals surface area contributed by atoms with E-state index in [1.165, 1.54) is 5.01 Å². The van der Waals surface area contributed by atoms with Gasteiger partial charge in [0.25, 0.3) is 0 Å². The molecule has 0 spiro atoms. The molecule has 2 atom stereocenters. The predicted molar refractivity (Wildman–Crippen MR) is 267 cm³/mol. The number of benzene rings is 7. The van der Waals surface area contributed by atoms with E-state index in [1.54, 1.807) is 11.9 Å². The van der Waals surface area contributed by atoms with Gasteiger partial charge in [-0.25, -0.2) is 9.80 Å². The highest BCUT2D eigenvalue weighted by Crippen LogP contribution is 2.37. The first-order valence-electron chi connectivity index (χ1n) is 23.1. The molecule has 0 aliphatic carbocycles. The molecule has 0 saturated heterocycles. The second-order valence-corrected chi connectivity index (χ2v) is 16.6. The predicted octanol–water partition coefficient (Wildman–Crippen LogP) is 8.44. The first kappa shape index (κ1) is 48.6. The van der Waals surface area contributed by atoms with Crippen molar-refractivity contribution in [2.75, 3.05) is 26.8 Å². The minimum Gasteiger partial charge on any atom is -0.351 e. The van der Waals surface area contributed by atoms with Gasteiger partial charge in [-0.15, -0.1) is 0 Å². The summed E-state index contributed by atoms with van der Waals surface area (Å²) < 4.78 is 12.2. The van der Waals surface area contributed by atoms with Crippen LogP contribution in [-0.2, 0) is 42.5 Å². The van der Waals surface area contributed by atoms with Crippen LogP contribution in [0.15, 0.2) is 176 Å². The lowest BCUT2D eigenvalue weighted by Gasteiger charge is -2.38. The maximum atomic E-state index is 15.5. The van der Waals surface area contributed by atoms with Crippen LogP contribution in [0.2, 0.25) is 0 Å². The first-order chi connectivity index (χ1) is 33.1. The van der Waals surface area contributed by atoms with Crippen molar-refractivity contribution in [2.24, 2.45) is 0 Å². The van der Waals surface area contributed by atoms with Gasteiger partial charge in [0.15, 0.2) is 6.29 Å². The number of nitrogens with zero attached hydrogens (tertiary/aromatic N) is 2. The van der Waals surface area contributed by atoms with Crippen molar-refractivity contribution in [1.82, 2.24) is 31.3 Å². The van der Waals surface area contributed by atoms with E-state index in [9.17, 15) is 9.59 Å². The van der Waals surface area contributed by atoms with E-state index < -0.39 is 54.1 Å². The zero-order valence-corrected chi connectivity index (χ0v) is 39.1. The summed E-state index contributed by atoms with van der Waals surface area (Å²) in [6.07, 6.45) is -1.26. The Kier molecular flexibility index (Phi) is 16.7. The molecule has 0 radical (unpaired) electrons. The summed E-state index contributed by atoms with van der Waals surface area (Å²) in [6.45, 7) is 6.24. The second kappa shape index (κ2) is 23.4. The van der Waals surface area contributed by atoms with Gasteiger partial charge in [-0.2, -0.15) is 0 Å². The Balaban J connectivity index is 1.20. The number of urea groups is 1. The maximum absolute atomic E-state index is 15.5. The van der Waals surface area contributed by atoms with Crippen molar-refractivity contribution >= 4 is 45.3 Å². The van der Waals surface area contributed by atoms with Crippen LogP contribution < -0.4 is 21.4 Å². The lowest BCUT2D eigenvalue weighted by molar-refractivity contribution is -0.180. The van der Waals surface area contributed by atoms with E-state index in [0.29, 0.717) is 13.2 Å². The van der Waals surface area contributed by atoms with Gasteiger partial charge in [0.05, 0.1) is 19.0 Å². The Bertz CT molecular complexity index is 2660. The number of hydrogen-bond donors (Lipinski definition) is 4. The Labute approximate surface area is 398 Å². The van der Waals surface area contributed by atoms with Crippen molar-refractivity contribution < 1.29 is 28.7 Å². The molecule has 0 unspecified atom stereocenters. The first-order valence-corrected chi connectivity index (χ1v) is 23.1. The molecule has 350 valence electrons.